The van der Waals surface area contributed by atoms with E-state index in [1.807, 2.05) is 19.0 Å². The molecular formula is C22H22N4O5S2. The highest BCUT2D eigenvalue weighted by Gasteiger charge is 2.37. The summed E-state index contributed by atoms with van der Waals surface area (Å²) in [5.41, 5.74) is 1.12. The molecule has 11 heteroatoms. The number of likely N-dealkylation sites (N-methyl/N-ethyl adjacent to an activating group) is 1. The molecule has 0 bridgehead atoms. The van der Waals surface area contributed by atoms with Crippen molar-refractivity contribution in [1.29, 1.82) is 0 Å². The van der Waals surface area contributed by atoms with Crippen LogP contribution in [0.1, 0.15) is 20.7 Å². The number of imide groups is 1. The van der Waals surface area contributed by atoms with E-state index in [1.54, 1.807) is 30.3 Å². The zero-order chi connectivity index (χ0) is 23.9. The number of carbonyl (C=O) groups is 3. The Hall–Kier alpha value is -3.15. The summed E-state index contributed by atoms with van der Waals surface area (Å²) in [6.07, 6.45) is 1.13. The molecule has 1 aromatic heterocycles. The molecule has 33 heavy (non-hydrogen) atoms. The fourth-order valence-corrected chi connectivity index (χ4v) is 5.24. The lowest BCUT2D eigenvalue weighted by Gasteiger charge is -2.24. The minimum Gasteiger partial charge on any atom is -0.308 e. The van der Waals surface area contributed by atoms with Crippen molar-refractivity contribution in [2.75, 3.05) is 44.9 Å². The van der Waals surface area contributed by atoms with E-state index in [1.165, 1.54) is 28.4 Å². The van der Waals surface area contributed by atoms with Gasteiger partial charge in [0.15, 0.2) is 15.0 Å². The third-order valence-electron chi connectivity index (χ3n) is 5.25. The molecule has 0 unspecified atom stereocenters. The molecule has 0 radical (unpaired) electrons. The smallest absolute Gasteiger partial charge is 0.262 e. The Morgan fingerprint density at radius 1 is 1.03 bits per heavy atom. The standard InChI is InChI=1S/C22H22N4O5S2/c1-24(2)10-11-25(22-23-17-9-8-14(33(3,30)31)12-18(17)32-22)19(27)13-26-20(28)15-6-4-5-7-16(15)21(26)29/h4-9,12H,10-11,13H2,1-3H3. The number of hydrogen-bond acceptors (Lipinski definition) is 8. The van der Waals surface area contributed by atoms with Gasteiger partial charge in [-0.2, -0.15) is 0 Å². The van der Waals surface area contributed by atoms with E-state index in [-0.39, 0.29) is 22.6 Å². The zero-order valence-corrected chi connectivity index (χ0v) is 19.9. The molecule has 3 aromatic rings. The van der Waals surface area contributed by atoms with E-state index in [9.17, 15) is 22.8 Å². The molecule has 0 saturated carbocycles. The third-order valence-corrected chi connectivity index (χ3v) is 7.40. The molecule has 9 nitrogen and oxygen atoms in total. The summed E-state index contributed by atoms with van der Waals surface area (Å²) in [6, 6.07) is 11.1. The molecule has 0 spiro atoms. The van der Waals surface area contributed by atoms with Gasteiger partial charge in [-0.1, -0.05) is 23.5 Å². The zero-order valence-electron chi connectivity index (χ0n) is 18.3. The second-order valence-corrected chi connectivity index (χ2v) is 11.0. The van der Waals surface area contributed by atoms with Gasteiger partial charge in [0, 0.05) is 19.3 Å². The van der Waals surface area contributed by atoms with E-state index in [2.05, 4.69) is 4.98 Å². The fourth-order valence-electron chi connectivity index (χ4n) is 3.47. The van der Waals surface area contributed by atoms with E-state index in [0.717, 1.165) is 11.2 Å². The average molecular weight is 487 g/mol. The van der Waals surface area contributed by atoms with Crippen molar-refractivity contribution >= 4 is 54.2 Å². The van der Waals surface area contributed by atoms with Crippen molar-refractivity contribution in [3.63, 3.8) is 0 Å². The fraction of sp³-hybridized carbons (Fsp3) is 0.273. The van der Waals surface area contributed by atoms with Crippen molar-refractivity contribution in [3.8, 4) is 0 Å². The van der Waals surface area contributed by atoms with Gasteiger partial charge in [-0.15, -0.1) is 0 Å². The van der Waals surface area contributed by atoms with Crippen LogP contribution in [0, 0.1) is 0 Å². The number of carbonyl (C=O) groups excluding carboxylic acids is 3. The van der Waals surface area contributed by atoms with Crippen LogP contribution in [-0.4, -0.2) is 80.9 Å². The Kier molecular flexibility index (Phi) is 6.04. The number of rotatable bonds is 7. The summed E-state index contributed by atoms with van der Waals surface area (Å²) in [4.78, 5) is 47.6. The number of sulfone groups is 1. The lowest BCUT2D eigenvalue weighted by atomic mass is 10.1. The predicted octanol–water partition coefficient (Wildman–Crippen LogP) is 1.89. The minimum absolute atomic E-state index is 0.169. The van der Waals surface area contributed by atoms with Crippen molar-refractivity contribution in [2.24, 2.45) is 0 Å². The summed E-state index contributed by atoms with van der Waals surface area (Å²) in [5, 5.41) is 0.374. The normalized spacial score (nSPS) is 13.8. The second-order valence-electron chi connectivity index (χ2n) is 7.99. The lowest BCUT2D eigenvalue weighted by molar-refractivity contribution is -0.119. The molecule has 3 amide bonds. The van der Waals surface area contributed by atoms with Gasteiger partial charge in [0.2, 0.25) is 5.91 Å². The van der Waals surface area contributed by atoms with Crippen molar-refractivity contribution in [2.45, 2.75) is 4.90 Å². The Morgan fingerprint density at radius 2 is 1.67 bits per heavy atom. The average Bonchev–Trinajstić information content (AvgIpc) is 3.27. The van der Waals surface area contributed by atoms with Gasteiger partial charge in [-0.25, -0.2) is 13.4 Å². The van der Waals surface area contributed by atoms with Crippen LogP contribution in [-0.2, 0) is 14.6 Å². The molecule has 2 heterocycles. The Bertz CT molecular complexity index is 1350. The highest BCUT2D eigenvalue weighted by molar-refractivity contribution is 7.90. The second kappa shape index (κ2) is 8.65. The van der Waals surface area contributed by atoms with Gasteiger partial charge in [0.05, 0.1) is 26.2 Å². The quantitative estimate of drug-likeness (QED) is 0.469. The van der Waals surface area contributed by atoms with Gasteiger partial charge in [0.1, 0.15) is 6.54 Å². The first kappa shape index (κ1) is 23.0. The summed E-state index contributed by atoms with van der Waals surface area (Å²) in [7, 11) is 0.342. The Labute approximate surface area is 195 Å². The first-order valence-corrected chi connectivity index (χ1v) is 12.8. The van der Waals surface area contributed by atoms with Crippen LogP contribution in [0.2, 0.25) is 0 Å². The Balaban J connectivity index is 1.64. The number of nitrogens with zero attached hydrogens (tertiary/aromatic N) is 4. The number of aromatic nitrogens is 1. The lowest BCUT2D eigenvalue weighted by Crippen LogP contribution is -2.45. The van der Waals surface area contributed by atoms with Crippen LogP contribution in [0.3, 0.4) is 0 Å². The summed E-state index contributed by atoms with van der Waals surface area (Å²) in [5.74, 6) is -1.45. The molecule has 0 aliphatic carbocycles. The maximum Gasteiger partial charge on any atom is 0.262 e. The molecular weight excluding hydrogens is 464 g/mol. The molecule has 0 saturated heterocycles. The van der Waals surface area contributed by atoms with Crippen LogP contribution in [0.4, 0.5) is 5.13 Å². The SMILES string of the molecule is CN(C)CCN(C(=O)CN1C(=O)c2ccccc2C1=O)c1nc2ccc(S(C)(=O)=O)cc2s1. The van der Waals surface area contributed by atoms with Crippen molar-refractivity contribution in [3.05, 3.63) is 53.6 Å². The van der Waals surface area contributed by atoms with Crippen LogP contribution in [0.5, 0.6) is 0 Å². The van der Waals surface area contributed by atoms with Crippen LogP contribution in [0.15, 0.2) is 47.4 Å². The number of amides is 3. The number of benzene rings is 2. The first-order valence-electron chi connectivity index (χ1n) is 10.1. The minimum atomic E-state index is -3.39. The first-order chi connectivity index (χ1) is 15.6. The van der Waals surface area contributed by atoms with Gasteiger partial charge < -0.3 is 4.90 Å². The van der Waals surface area contributed by atoms with Crippen LogP contribution >= 0.6 is 11.3 Å². The molecule has 0 atom stereocenters. The molecule has 0 fully saturated rings. The number of hydrogen-bond donors (Lipinski definition) is 0. The molecule has 1 aliphatic heterocycles. The monoisotopic (exact) mass is 486 g/mol. The van der Waals surface area contributed by atoms with Gasteiger partial charge in [-0.05, 0) is 44.4 Å². The Morgan fingerprint density at radius 3 is 2.24 bits per heavy atom. The van der Waals surface area contributed by atoms with Gasteiger partial charge in [-0.3, -0.25) is 24.2 Å². The van der Waals surface area contributed by atoms with Gasteiger partial charge >= 0.3 is 0 Å². The van der Waals surface area contributed by atoms with Crippen LogP contribution in [0.25, 0.3) is 10.2 Å². The summed E-state index contributed by atoms with van der Waals surface area (Å²) in [6.45, 7) is 0.399. The van der Waals surface area contributed by atoms with Crippen LogP contribution < -0.4 is 4.90 Å². The maximum absolute atomic E-state index is 13.3. The summed E-state index contributed by atoms with van der Waals surface area (Å²) >= 11 is 1.19. The molecule has 172 valence electrons. The highest BCUT2D eigenvalue weighted by Crippen LogP contribution is 2.31. The molecule has 1 aliphatic rings. The maximum atomic E-state index is 13.3. The number of thiazole rings is 1. The largest absolute Gasteiger partial charge is 0.308 e. The van der Waals surface area contributed by atoms with E-state index in [4.69, 9.17) is 0 Å². The number of anilines is 1. The predicted molar refractivity (Wildman–Crippen MR) is 125 cm³/mol. The number of fused-ring (bicyclic) bond motifs is 2. The molecule has 4 rings (SSSR count). The van der Waals surface area contributed by atoms with E-state index >= 15 is 0 Å². The van der Waals surface area contributed by atoms with E-state index < -0.39 is 34.1 Å². The third kappa shape index (κ3) is 4.52. The molecule has 2 aromatic carbocycles. The highest BCUT2D eigenvalue weighted by atomic mass is 32.2. The van der Waals surface area contributed by atoms with Gasteiger partial charge in [0.25, 0.3) is 11.8 Å². The summed E-state index contributed by atoms with van der Waals surface area (Å²) < 4.78 is 24.4. The van der Waals surface area contributed by atoms with Crippen molar-refractivity contribution in [1.82, 2.24) is 14.8 Å². The topological polar surface area (TPSA) is 108 Å². The molecule has 0 N–H and O–H groups in total. The van der Waals surface area contributed by atoms with E-state index in [0.29, 0.717) is 21.9 Å². The van der Waals surface area contributed by atoms with Crippen molar-refractivity contribution < 1.29 is 22.8 Å².